The average molecular weight is 1880 g/mol. The molecule has 0 saturated carbocycles. The van der Waals surface area contributed by atoms with E-state index in [1.165, 1.54) is 252 Å². The Labute approximate surface area is 854 Å². The number of benzene rings is 25. The normalized spacial score (nSPS) is 11.8. The highest BCUT2D eigenvalue weighted by molar-refractivity contribution is 6.27. The highest BCUT2D eigenvalue weighted by Crippen LogP contribution is 2.51. The van der Waals surface area contributed by atoms with Gasteiger partial charge in [0.05, 0.1) is 66.2 Å². The first-order valence-corrected chi connectivity index (χ1v) is 51.0. The lowest BCUT2D eigenvalue weighted by Gasteiger charge is -2.16. The van der Waals surface area contributed by atoms with Crippen LogP contribution in [0.15, 0.2) is 558 Å². The van der Waals surface area contributed by atoms with E-state index < -0.39 is 0 Å². The molecule has 0 radical (unpaired) electrons. The predicted molar refractivity (Wildman–Crippen MR) is 628 cm³/mol. The molecule has 0 aliphatic heterocycles. The van der Waals surface area contributed by atoms with Crippen LogP contribution < -0.4 is 0 Å². The van der Waals surface area contributed by atoms with Crippen molar-refractivity contribution in [2.75, 3.05) is 0 Å². The summed E-state index contributed by atoms with van der Waals surface area (Å²) in [5, 5.41) is 25.0. The van der Waals surface area contributed by atoms with Crippen molar-refractivity contribution in [3.8, 4) is 101 Å². The van der Waals surface area contributed by atoms with Crippen LogP contribution in [0.25, 0.3) is 275 Å². The lowest BCUT2D eigenvalue weighted by molar-refractivity contribution is 1.18. The number of hydrogen-bond donors (Lipinski definition) is 0. The summed E-state index contributed by atoms with van der Waals surface area (Å²) in [4.78, 5) is 0. The Kier molecular flexibility index (Phi) is 20.2. The summed E-state index contributed by atoms with van der Waals surface area (Å²) < 4.78 is 14.7. The van der Waals surface area contributed by atoms with Gasteiger partial charge in [-0.3, -0.25) is 0 Å². The zero-order valence-electron chi connectivity index (χ0n) is 80.8. The standard InChI is InChI=1S/C50H32N2.2C46H30N2/c1-2-13-33(14-3-1)36-18-12-19-39(29-36)52-47-24-11-9-22-43(47)45-31-37-17-6-7-20-41(37)49(50(45)52)38-26-28-48-44(32-38)42-21-8-10-23-46(42)51(48)40-27-25-34-15-4-5-16-35(34)30-40;1-3-14-31(15-4-1)32-17-13-20-36(28-32)48-43-25-12-10-23-39(43)41-29-33-16-7-8-21-37(33)45(46(41)48)34-26-27-44-40(30-34)38-22-9-11-24-42(38)47(44)35-18-5-2-6-19-35;1-3-14-31(15-4-1)32-17-13-20-36(28-32)48-43-25-12-10-23-39(43)41-29-33-16-7-8-21-37(33)45(46(41)48)34-26-27-40-38-22-9-11-24-42(38)47(44(40)30-34)35-18-5-2-6-19-35/h1-32H;2*1-30H. The molecule has 25 aromatic carbocycles. The minimum absolute atomic E-state index is 1.15. The molecule has 0 bridgehead atoms. The van der Waals surface area contributed by atoms with Crippen molar-refractivity contribution < 1.29 is 0 Å². The molecule has 0 aliphatic carbocycles. The summed E-state index contributed by atoms with van der Waals surface area (Å²) in [6.45, 7) is 0. The Morgan fingerprint density at radius 2 is 0.338 bits per heavy atom. The molecule has 6 nitrogen and oxygen atoms in total. The molecule has 0 N–H and O–H groups in total. The van der Waals surface area contributed by atoms with Crippen molar-refractivity contribution in [3.63, 3.8) is 0 Å². The van der Waals surface area contributed by atoms with E-state index in [9.17, 15) is 0 Å². The molecule has 0 saturated heterocycles. The number of aromatic nitrogens is 6. The van der Waals surface area contributed by atoms with Crippen LogP contribution in [0.4, 0.5) is 0 Å². The van der Waals surface area contributed by atoms with Crippen molar-refractivity contribution in [2.45, 2.75) is 0 Å². The van der Waals surface area contributed by atoms with E-state index >= 15 is 0 Å². The monoisotopic (exact) mass is 1880 g/mol. The third-order valence-corrected chi connectivity index (χ3v) is 30.6. The molecule has 0 aliphatic rings. The highest BCUT2D eigenvalue weighted by atomic mass is 15.0. The Balaban J connectivity index is 0.000000105. The first-order chi connectivity index (χ1) is 73.5. The van der Waals surface area contributed by atoms with E-state index in [1.54, 1.807) is 0 Å². The number of rotatable bonds is 12. The van der Waals surface area contributed by atoms with E-state index in [0.717, 1.165) is 22.7 Å². The fourth-order valence-electron chi connectivity index (χ4n) is 24.1. The number of hydrogen-bond acceptors (Lipinski definition) is 0. The van der Waals surface area contributed by atoms with E-state index in [-0.39, 0.29) is 0 Å². The van der Waals surface area contributed by atoms with Gasteiger partial charge in [0, 0.05) is 115 Å². The smallest absolute Gasteiger partial charge is 0.0625 e. The molecular formula is C142H92N6. The van der Waals surface area contributed by atoms with Crippen LogP contribution in [-0.2, 0) is 0 Å². The maximum Gasteiger partial charge on any atom is 0.0625 e. The molecule has 0 spiro atoms. The zero-order chi connectivity index (χ0) is 97.4. The van der Waals surface area contributed by atoms with Crippen LogP contribution in [0.3, 0.4) is 0 Å². The second-order valence-electron chi connectivity index (χ2n) is 38.9. The SMILES string of the molecule is c1ccc(-c2cccc(-n3c4ccccc4c4cc5ccccc5c(-c5ccc6c(c5)c5ccccc5n6-c5ccc6ccccc6c5)c43)c2)cc1.c1ccc(-c2cccc(-n3c4ccccc4c4cc5ccccc5c(-c5ccc6c(c5)c5ccccc5n6-c5ccccc5)c43)c2)cc1.c1ccc(-c2cccc(-n3c4ccccc4c4cc5ccccc5c(-c5ccc6c7ccccc7n(-c7ccccc7)c6c5)c43)c2)cc1. The van der Waals surface area contributed by atoms with Gasteiger partial charge in [0.15, 0.2) is 0 Å². The van der Waals surface area contributed by atoms with Crippen molar-refractivity contribution in [3.05, 3.63) is 558 Å². The molecule has 6 aromatic heterocycles. The molecule has 31 rings (SSSR count). The summed E-state index contributed by atoms with van der Waals surface area (Å²) in [5.74, 6) is 0. The van der Waals surface area contributed by atoms with E-state index in [2.05, 4.69) is 586 Å². The quantitative estimate of drug-likeness (QED) is 0.117. The molecule has 6 heteroatoms. The Hall–Kier alpha value is -19.7. The lowest BCUT2D eigenvalue weighted by atomic mass is 9.93. The van der Waals surface area contributed by atoms with Gasteiger partial charge < -0.3 is 27.4 Å². The second-order valence-corrected chi connectivity index (χ2v) is 38.9. The van der Waals surface area contributed by atoms with Gasteiger partial charge in [-0.25, -0.2) is 0 Å². The highest BCUT2D eigenvalue weighted by Gasteiger charge is 2.28. The fraction of sp³-hybridized carbons (Fsp3) is 0. The van der Waals surface area contributed by atoms with Gasteiger partial charge in [-0.05, 0) is 251 Å². The topological polar surface area (TPSA) is 29.6 Å². The van der Waals surface area contributed by atoms with Crippen molar-refractivity contribution >= 4 is 174 Å². The minimum atomic E-state index is 1.15. The van der Waals surface area contributed by atoms with Gasteiger partial charge in [0.2, 0.25) is 0 Å². The molecule has 6 heterocycles. The molecular weight excluding hydrogens is 1790 g/mol. The molecule has 0 atom stereocenters. The second kappa shape index (κ2) is 35.2. The molecule has 148 heavy (non-hydrogen) atoms. The summed E-state index contributed by atoms with van der Waals surface area (Å²) in [7, 11) is 0. The van der Waals surface area contributed by atoms with Crippen LogP contribution in [0, 0.1) is 0 Å². The number of fused-ring (bicyclic) bond motifs is 22. The van der Waals surface area contributed by atoms with Crippen LogP contribution in [0.1, 0.15) is 0 Å². The summed E-state index contributed by atoms with van der Waals surface area (Å²) in [6.07, 6.45) is 0. The Bertz CT molecular complexity index is 10700. The van der Waals surface area contributed by atoms with Crippen LogP contribution in [0.5, 0.6) is 0 Å². The maximum atomic E-state index is 2.49. The molecule has 0 unspecified atom stereocenters. The van der Waals surface area contributed by atoms with Gasteiger partial charge in [-0.15, -0.1) is 0 Å². The third-order valence-electron chi connectivity index (χ3n) is 30.6. The zero-order valence-corrected chi connectivity index (χ0v) is 80.8. The summed E-state index contributed by atoms with van der Waals surface area (Å²) in [5.41, 5.74) is 36.1. The first-order valence-electron chi connectivity index (χ1n) is 51.0. The minimum Gasteiger partial charge on any atom is -0.309 e. The lowest BCUT2D eigenvalue weighted by Crippen LogP contribution is -1.97. The van der Waals surface area contributed by atoms with E-state index in [1.807, 2.05) is 0 Å². The Morgan fingerprint density at radius 1 is 0.0946 bits per heavy atom. The molecule has 0 amide bonds. The van der Waals surface area contributed by atoms with Gasteiger partial charge in [0.25, 0.3) is 0 Å². The van der Waals surface area contributed by atoms with E-state index in [4.69, 9.17) is 0 Å². The predicted octanol–water partition coefficient (Wildman–Crippen LogP) is 38.3. The fourth-order valence-corrected chi connectivity index (χ4v) is 24.1. The third kappa shape index (κ3) is 14.0. The molecule has 0 fully saturated rings. The first kappa shape index (κ1) is 85.1. The van der Waals surface area contributed by atoms with Crippen molar-refractivity contribution in [2.24, 2.45) is 0 Å². The van der Waals surface area contributed by atoms with Crippen LogP contribution in [-0.4, -0.2) is 27.4 Å². The summed E-state index contributed by atoms with van der Waals surface area (Å²) >= 11 is 0. The summed E-state index contributed by atoms with van der Waals surface area (Å²) in [6, 6.07) is 204. The van der Waals surface area contributed by atoms with Crippen molar-refractivity contribution in [1.82, 2.24) is 27.4 Å². The number of nitrogens with zero attached hydrogens (tertiary/aromatic N) is 6. The van der Waals surface area contributed by atoms with E-state index in [0.29, 0.717) is 0 Å². The number of para-hydroxylation sites is 8. The van der Waals surface area contributed by atoms with Crippen molar-refractivity contribution in [1.29, 1.82) is 0 Å². The van der Waals surface area contributed by atoms with Gasteiger partial charge in [-0.1, -0.05) is 400 Å². The largest absolute Gasteiger partial charge is 0.309 e. The maximum absolute atomic E-state index is 2.49. The van der Waals surface area contributed by atoms with Gasteiger partial charge in [0.1, 0.15) is 0 Å². The van der Waals surface area contributed by atoms with Crippen LogP contribution >= 0.6 is 0 Å². The Morgan fingerprint density at radius 3 is 0.709 bits per heavy atom. The van der Waals surface area contributed by atoms with Crippen LogP contribution in [0.2, 0.25) is 0 Å². The molecule has 31 aromatic rings. The average Bonchev–Trinajstić information content (AvgIpc) is 1.56. The molecule has 690 valence electrons. The van der Waals surface area contributed by atoms with Gasteiger partial charge in [-0.2, -0.15) is 0 Å². The van der Waals surface area contributed by atoms with Gasteiger partial charge >= 0.3 is 0 Å².